The molecule has 1 nitrogen and oxygen atoms in total. The molecule has 9 heavy (non-hydrogen) atoms. The molecular weight excluding hydrogens is 171 g/mol. The van der Waals surface area contributed by atoms with Crippen molar-refractivity contribution in [1.82, 2.24) is 0 Å². The molecule has 0 saturated carbocycles. The van der Waals surface area contributed by atoms with Gasteiger partial charge in [-0.3, -0.25) is 0 Å². The average Bonchev–Trinajstić information content (AvgIpc) is 1.90. The fraction of sp³-hybridized carbons (Fsp3) is 1.00. The lowest BCUT2D eigenvalue weighted by atomic mass is 10.5. The van der Waals surface area contributed by atoms with Crippen LogP contribution in [0.15, 0.2) is 0 Å². The van der Waals surface area contributed by atoms with Gasteiger partial charge in [-0.05, 0) is 6.42 Å². The van der Waals surface area contributed by atoms with Gasteiger partial charge < -0.3 is 4.52 Å². The SMILES string of the molecule is CCP1(=S)OCCCS1. The third-order valence-electron chi connectivity index (χ3n) is 1.25. The first-order chi connectivity index (χ1) is 4.27. The van der Waals surface area contributed by atoms with E-state index in [1.165, 1.54) is 12.2 Å². The van der Waals surface area contributed by atoms with Crippen LogP contribution < -0.4 is 0 Å². The van der Waals surface area contributed by atoms with Crippen LogP contribution in [0.2, 0.25) is 0 Å². The van der Waals surface area contributed by atoms with Crippen molar-refractivity contribution in [2.45, 2.75) is 13.3 Å². The van der Waals surface area contributed by atoms with Gasteiger partial charge in [0, 0.05) is 11.9 Å². The molecule has 1 fully saturated rings. The van der Waals surface area contributed by atoms with Crippen LogP contribution in [0.4, 0.5) is 0 Å². The van der Waals surface area contributed by atoms with E-state index >= 15 is 0 Å². The van der Waals surface area contributed by atoms with E-state index < -0.39 is 5.47 Å². The number of hydrogen-bond donors (Lipinski definition) is 0. The first kappa shape index (κ1) is 8.06. The molecule has 1 heterocycles. The van der Waals surface area contributed by atoms with E-state index in [-0.39, 0.29) is 0 Å². The van der Waals surface area contributed by atoms with E-state index in [1.54, 1.807) is 0 Å². The van der Waals surface area contributed by atoms with E-state index in [0.29, 0.717) is 0 Å². The van der Waals surface area contributed by atoms with Gasteiger partial charge in [0.15, 0.2) is 0 Å². The zero-order chi connectivity index (χ0) is 6.74. The minimum absolute atomic E-state index is 0.901. The molecule has 0 aromatic rings. The highest BCUT2D eigenvalue weighted by molar-refractivity contribution is 8.69. The summed E-state index contributed by atoms with van der Waals surface area (Å²) >= 11 is 7.18. The minimum atomic E-state index is -1.34. The molecule has 4 heteroatoms. The van der Waals surface area contributed by atoms with Crippen molar-refractivity contribution >= 4 is 28.7 Å². The predicted octanol–water partition coefficient (Wildman–Crippen LogP) is 2.47. The van der Waals surface area contributed by atoms with Gasteiger partial charge in [0.2, 0.25) is 0 Å². The molecule has 0 amide bonds. The van der Waals surface area contributed by atoms with Crippen LogP contribution in [-0.2, 0) is 16.3 Å². The second kappa shape index (κ2) is 3.38. The zero-order valence-electron chi connectivity index (χ0n) is 5.50. The molecule has 1 atom stereocenters. The summed E-state index contributed by atoms with van der Waals surface area (Å²) < 4.78 is 5.50. The summed E-state index contributed by atoms with van der Waals surface area (Å²) in [5.41, 5.74) is -1.34. The molecule has 1 unspecified atom stereocenters. The standard InChI is InChI=1S/C5H11OPS2/c1-2-7(8)6-4-3-5-9-7/h2-5H2,1H3. The van der Waals surface area contributed by atoms with Gasteiger partial charge in [-0.2, -0.15) is 0 Å². The van der Waals surface area contributed by atoms with Crippen molar-refractivity contribution in [3.8, 4) is 0 Å². The van der Waals surface area contributed by atoms with Gasteiger partial charge >= 0.3 is 0 Å². The van der Waals surface area contributed by atoms with Gasteiger partial charge in [0.1, 0.15) is 5.47 Å². The van der Waals surface area contributed by atoms with Crippen molar-refractivity contribution in [3.05, 3.63) is 0 Å². The van der Waals surface area contributed by atoms with Crippen LogP contribution in [0.25, 0.3) is 0 Å². The van der Waals surface area contributed by atoms with Gasteiger partial charge in [-0.15, -0.1) is 0 Å². The highest BCUT2D eigenvalue weighted by Gasteiger charge is 2.18. The fourth-order valence-corrected chi connectivity index (χ4v) is 5.17. The Balaban J connectivity index is 2.47. The summed E-state index contributed by atoms with van der Waals surface area (Å²) in [6.45, 7) is 3.03. The van der Waals surface area contributed by atoms with E-state index in [2.05, 4.69) is 6.92 Å². The molecule has 1 saturated heterocycles. The molecule has 0 aliphatic carbocycles. The quantitative estimate of drug-likeness (QED) is 0.576. The summed E-state index contributed by atoms with van der Waals surface area (Å²) in [7, 11) is 0. The van der Waals surface area contributed by atoms with E-state index in [1.807, 2.05) is 11.4 Å². The largest absolute Gasteiger partial charge is 0.341 e. The average molecular weight is 182 g/mol. The summed E-state index contributed by atoms with van der Waals surface area (Å²) in [6.07, 6.45) is 2.23. The summed E-state index contributed by atoms with van der Waals surface area (Å²) in [4.78, 5) is 0. The predicted molar refractivity (Wildman–Crippen MR) is 47.9 cm³/mol. The maximum Gasteiger partial charge on any atom is 0.119 e. The molecule has 0 aromatic carbocycles. The molecular formula is C5H11OPS2. The van der Waals surface area contributed by atoms with Crippen LogP contribution in [0.1, 0.15) is 13.3 Å². The van der Waals surface area contributed by atoms with Gasteiger partial charge in [0.25, 0.3) is 0 Å². The Hall–Kier alpha value is 0.960. The third kappa shape index (κ3) is 2.23. The Kier molecular flexibility index (Phi) is 3.03. The lowest BCUT2D eigenvalue weighted by Crippen LogP contribution is -2.00. The Labute approximate surface area is 65.4 Å². The van der Waals surface area contributed by atoms with Gasteiger partial charge in [-0.1, -0.05) is 30.1 Å². The highest BCUT2D eigenvalue weighted by Crippen LogP contribution is 2.61. The third-order valence-corrected chi connectivity index (χ3v) is 8.33. The fourth-order valence-electron chi connectivity index (χ4n) is 0.686. The Morgan fingerprint density at radius 2 is 2.56 bits per heavy atom. The van der Waals surface area contributed by atoms with Crippen molar-refractivity contribution in [2.75, 3.05) is 18.5 Å². The normalized spacial score (nSPS) is 36.6. The van der Waals surface area contributed by atoms with E-state index in [9.17, 15) is 0 Å². The van der Waals surface area contributed by atoms with Crippen molar-refractivity contribution in [2.24, 2.45) is 0 Å². The summed E-state index contributed by atoms with van der Waals surface area (Å²) in [6, 6.07) is 0. The molecule has 1 rings (SSSR count). The van der Waals surface area contributed by atoms with Crippen molar-refractivity contribution in [1.29, 1.82) is 0 Å². The second-order valence-electron chi connectivity index (χ2n) is 1.95. The molecule has 1 aliphatic rings. The molecule has 0 N–H and O–H groups in total. The van der Waals surface area contributed by atoms with Crippen LogP contribution in [0.3, 0.4) is 0 Å². The first-order valence-corrected chi connectivity index (χ1v) is 7.64. The number of hydrogen-bond acceptors (Lipinski definition) is 3. The van der Waals surface area contributed by atoms with E-state index in [4.69, 9.17) is 16.3 Å². The Morgan fingerprint density at radius 1 is 1.78 bits per heavy atom. The monoisotopic (exact) mass is 182 g/mol. The van der Waals surface area contributed by atoms with Crippen LogP contribution in [0.5, 0.6) is 0 Å². The number of rotatable bonds is 1. The highest BCUT2D eigenvalue weighted by atomic mass is 32.9. The van der Waals surface area contributed by atoms with Crippen molar-refractivity contribution < 1.29 is 4.52 Å². The molecule has 0 spiro atoms. The molecule has 0 radical (unpaired) electrons. The van der Waals surface area contributed by atoms with Crippen LogP contribution in [-0.4, -0.2) is 18.5 Å². The Bertz CT molecular complexity index is 127. The lowest BCUT2D eigenvalue weighted by Gasteiger charge is -2.24. The minimum Gasteiger partial charge on any atom is -0.341 e. The first-order valence-electron chi connectivity index (χ1n) is 3.15. The Morgan fingerprint density at radius 3 is 2.89 bits per heavy atom. The van der Waals surface area contributed by atoms with Gasteiger partial charge in [0.05, 0.1) is 6.61 Å². The topological polar surface area (TPSA) is 9.23 Å². The smallest absolute Gasteiger partial charge is 0.119 e. The molecule has 0 aromatic heterocycles. The molecule has 54 valence electrons. The summed E-state index contributed by atoms with van der Waals surface area (Å²) in [5, 5.41) is 0. The van der Waals surface area contributed by atoms with Gasteiger partial charge in [-0.25, -0.2) is 0 Å². The van der Waals surface area contributed by atoms with Crippen LogP contribution >= 0.6 is 16.8 Å². The maximum absolute atomic E-state index is 5.50. The van der Waals surface area contributed by atoms with E-state index in [0.717, 1.165) is 12.8 Å². The van der Waals surface area contributed by atoms with Crippen molar-refractivity contribution in [3.63, 3.8) is 0 Å². The molecule has 1 aliphatic heterocycles. The van der Waals surface area contributed by atoms with Crippen LogP contribution in [0, 0.1) is 0 Å². The lowest BCUT2D eigenvalue weighted by molar-refractivity contribution is 0.355. The second-order valence-corrected chi connectivity index (χ2v) is 9.73. The zero-order valence-corrected chi connectivity index (χ0v) is 8.03. The molecule has 0 bridgehead atoms. The maximum atomic E-state index is 5.50. The summed E-state index contributed by atoms with van der Waals surface area (Å²) in [5.74, 6) is 1.21.